The van der Waals surface area contributed by atoms with Crippen LogP contribution in [0.2, 0.25) is 5.02 Å². The highest BCUT2D eigenvalue weighted by Crippen LogP contribution is 2.29. The summed E-state index contributed by atoms with van der Waals surface area (Å²) in [6.45, 7) is 0.421. The molecule has 150 valence electrons. The Bertz CT molecular complexity index is 933. The van der Waals surface area contributed by atoms with Gasteiger partial charge < -0.3 is 5.32 Å². The summed E-state index contributed by atoms with van der Waals surface area (Å²) in [6, 6.07) is 13.4. The second kappa shape index (κ2) is 9.31. The van der Waals surface area contributed by atoms with E-state index in [2.05, 4.69) is 5.32 Å². The highest BCUT2D eigenvalue weighted by Gasteiger charge is 2.34. The summed E-state index contributed by atoms with van der Waals surface area (Å²) >= 11 is 7.44. The summed E-state index contributed by atoms with van der Waals surface area (Å²) in [6.07, 6.45) is 4.46. The Morgan fingerprint density at radius 3 is 2.61 bits per heavy atom. The van der Waals surface area contributed by atoms with Gasteiger partial charge in [0.05, 0.1) is 10.6 Å². The Balaban J connectivity index is 1.76. The zero-order valence-corrected chi connectivity index (χ0v) is 18.0. The first-order valence-electron chi connectivity index (χ1n) is 9.12. The lowest BCUT2D eigenvalue weighted by Gasteiger charge is -2.34. The first kappa shape index (κ1) is 21.2. The van der Waals surface area contributed by atoms with Crippen LogP contribution in [0, 0.1) is 0 Å². The van der Waals surface area contributed by atoms with E-state index >= 15 is 0 Å². The average molecular weight is 439 g/mol. The SMILES string of the molecule is CSc1ccccc1NC(=O)C[C@@H]1CCCCN1S(=O)(=O)c1ccc(Cl)cc1. The predicted octanol–water partition coefficient (Wildman–Crippen LogP) is 4.63. The molecule has 1 saturated heterocycles. The van der Waals surface area contributed by atoms with Crippen molar-refractivity contribution in [2.45, 2.75) is 41.5 Å². The van der Waals surface area contributed by atoms with E-state index in [4.69, 9.17) is 11.6 Å². The van der Waals surface area contributed by atoms with Gasteiger partial charge >= 0.3 is 0 Å². The highest BCUT2D eigenvalue weighted by atomic mass is 35.5. The Labute approximate surface area is 175 Å². The Hall–Kier alpha value is -1.54. The number of amides is 1. The average Bonchev–Trinajstić information content (AvgIpc) is 2.69. The van der Waals surface area contributed by atoms with Gasteiger partial charge in [0.1, 0.15) is 0 Å². The molecular weight excluding hydrogens is 416 g/mol. The van der Waals surface area contributed by atoms with E-state index in [1.807, 2.05) is 30.5 Å². The van der Waals surface area contributed by atoms with E-state index in [1.54, 1.807) is 23.9 Å². The number of carbonyl (C=O) groups is 1. The van der Waals surface area contributed by atoms with Gasteiger partial charge in [0.2, 0.25) is 15.9 Å². The summed E-state index contributed by atoms with van der Waals surface area (Å²) in [5, 5.41) is 3.42. The molecule has 28 heavy (non-hydrogen) atoms. The maximum atomic E-state index is 13.1. The van der Waals surface area contributed by atoms with Crippen molar-refractivity contribution in [1.82, 2.24) is 4.31 Å². The third-order valence-electron chi connectivity index (χ3n) is 4.80. The van der Waals surface area contributed by atoms with Crippen LogP contribution in [0.25, 0.3) is 0 Å². The molecule has 8 heteroatoms. The first-order valence-corrected chi connectivity index (χ1v) is 12.2. The number of rotatable bonds is 6. The van der Waals surface area contributed by atoms with Crippen molar-refractivity contribution in [3.63, 3.8) is 0 Å². The number of anilines is 1. The van der Waals surface area contributed by atoms with Crippen LogP contribution in [-0.4, -0.2) is 37.5 Å². The molecule has 2 aromatic rings. The van der Waals surface area contributed by atoms with Gasteiger partial charge in [-0.3, -0.25) is 4.79 Å². The van der Waals surface area contributed by atoms with Gasteiger partial charge in [-0.2, -0.15) is 4.31 Å². The third kappa shape index (κ3) is 4.89. The lowest BCUT2D eigenvalue weighted by Crippen LogP contribution is -2.45. The maximum absolute atomic E-state index is 13.1. The van der Waals surface area contributed by atoms with Gasteiger partial charge in [0.15, 0.2) is 0 Å². The van der Waals surface area contributed by atoms with Crippen molar-refractivity contribution in [2.75, 3.05) is 18.1 Å². The van der Waals surface area contributed by atoms with E-state index < -0.39 is 10.0 Å². The molecule has 1 aliphatic rings. The van der Waals surface area contributed by atoms with E-state index in [-0.39, 0.29) is 23.3 Å². The molecule has 0 bridgehead atoms. The molecule has 1 amide bonds. The standard InChI is InChI=1S/C20H23ClN2O3S2/c1-27-19-8-3-2-7-18(19)22-20(24)14-16-6-4-5-13-23(16)28(25,26)17-11-9-15(21)10-12-17/h2-3,7-12,16H,4-6,13-14H2,1H3,(H,22,24)/t16-/m0/s1. The Morgan fingerprint density at radius 2 is 1.89 bits per heavy atom. The van der Waals surface area contributed by atoms with Gasteiger partial charge in [-0.1, -0.05) is 30.2 Å². The van der Waals surface area contributed by atoms with Crippen molar-refractivity contribution in [3.05, 3.63) is 53.6 Å². The number of benzene rings is 2. The molecule has 0 unspecified atom stereocenters. The minimum Gasteiger partial charge on any atom is -0.325 e. The number of thioether (sulfide) groups is 1. The summed E-state index contributed by atoms with van der Waals surface area (Å²) < 4.78 is 27.7. The molecule has 0 aromatic heterocycles. The van der Waals surface area contributed by atoms with Crippen molar-refractivity contribution >= 4 is 45.0 Å². The number of hydrogen-bond acceptors (Lipinski definition) is 4. The first-order chi connectivity index (χ1) is 13.4. The Morgan fingerprint density at radius 1 is 1.18 bits per heavy atom. The molecule has 1 fully saturated rings. The number of sulfonamides is 1. The van der Waals surface area contributed by atoms with Gasteiger partial charge in [-0.15, -0.1) is 11.8 Å². The van der Waals surface area contributed by atoms with Crippen LogP contribution in [0.15, 0.2) is 58.3 Å². The molecule has 0 spiro atoms. The van der Waals surface area contributed by atoms with E-state index in [0.717, 1.165) is 23.4 Å². The minimum atomic E-state index is -3.67. The fraction of sp³-hybridized carbons (Fsp3) is 0.350. The number of carbonyl (C=O) groups excluding carboxylic acids is 1. The zero-order chi connectivity index (χ0) is 20.1. The lowest BCUT2D eigenvalue weighted by molar-refractivity contribution is -0.117. The molecule has 2 aromatic carbocycles. The zero-order valence-electron chi connectivity index (χ0n) is 15.6. The quantitative estimate of drug-likeness (QED) is 0.667. The van der Waals surface area contributed by atoms with Crippen molar-refractivity contribution in [2.24, 2.45) is 0 Å². The number of nitrogens with zero attached hydrogens (tertiary/aromatic N) is 1. The molecule has 1 aliphatic heterocycles. The second-order valence-corrected chi connectivity index (χ2v) is 9.85. The van der Waals surface area contributed by atoms with Gasteiger partial charge in [-0.25, -0.2) is 8.42 Å². The molecule has 1 heterocycles. The monoisotopic (exact) mass is 438 g/mol. The third-order valence-corrected chi connectivity index (χ3v) is 7.81. The molecule has 0 saturated carbocycles. The molecule has 0 aliphatic carbocycles. The van der Waals surface area contributed by atoms with Crippen molar-refractivity contribution in [3.8, 4) is 0 Å². The number of hydrogen-bond donors (Lipinski definition) is 1. The van der Waals surface area contributed by atoms with Crippen LogP contribution in [0.5, 0.6) is 0 Å². The van der Waals surface area contributed by atoms with Gasteiger partial charge in [0.25, 0.3) is 0 Å². The fourth-order valence-electron chi connectivity index (χ4n) is 3.40. The smallest absolute Gasteiger partial charge is 0.243 e. The topological polar surface area (TPSA) is 66.5 Å². The maximum Gasteiger partial charge on any atom is 0.243 e. The highest BCUT2D eigenvalue weighted by molar-refractivity contribution is 7.98. The van der Waals surface area contributed by atoms with Gasteiger partial charge in [-0.05, 0) is 55.5 Å². The molecule has 1 atom stereocenters. The minimum absolute atomic E-state index is 0.134. The number of para-hydroxylation sites is 1. The molecule has 1 N–H and O–H groups in total. The normalized spacial score (nSPS) is 18.0. The van der Waals surface area contributed by atoms with E-state index in [0.29, 0.717) is 18.0 Å². The Kier molecular flexibility index (Phi) is 7.04. The van der Waals surface area contributed by atoms with E-state index in [9.17, 15) is 13.2 Å². The lowest BCUT2D eigenvalue weighted by atomic mass is 10.0. The van der Waals surface area contributed by atoms with Crippen molar-refractivity contribution < 1.29 is 13.2 Å². The largest absolute Gasteiger partial charge is 0.325 e. The van der Waals surface area contributed by atoms with Crippen LogP contribution in [0.3, 0.4) is 0 Å². The molecule has 5 nitrogen and oxygen atoms in total. The van der Waals surface area contributed by atoms with Crippen LogP contribution < -0.4 is 5.32 Å². The predicted molar refractivity (Wildman–Crippen MR) is 114 cm³/mol. The van der Waals surface area contributed by atoms with Crippen LogP contribution in [0.1, 0.15) is 25.7 Å². The van der Waals surface area contributed by atoms with E-state index in [1.165, 1.54) is 16.4 Å². The molecule has 3 rings (SSSR count). The van der Waals surface area contributed by atoms with Crippen molar-refractivity contribution in [1.29, 1.82) is 0 Å². The molecule has 0 radical (unpaired) electrons. The summed E-state index contributed by atoms with van der Waals surface area (Å²) in [7, 11) is -3.67. The summed E-state index contributed by atoms with van der Waals surface area (Å²) in [5.41, 5.74) is 0.753. The molecular formula is C20H23ClN2O3S2. The second-order valence-electron chi connectivity index (χ2n) is 6.67. The van der Waals surface area contributed by atoms with Crippen LogP contribution in [-0.2, 0) is 14.8 Å². The number of halogens is 1. The number of nitrogens with one attached hydrogen (secondary N) is 1. The van der Waals surface area contributed by atoms with Crippen LogP contribution in [0.4, 0.5) is 5.69 Å². The fourth-order valence-corrected chi connectivity index (χ4v) is 5.77. The summed E-state index contributed by atoms with van der Waals surface area (Å²) in [5.74, 6) is -0.176. The number of piperidine rings is 1. The van der Waals surface area contributed by atoms with Gasteiger partial charge in [0, 0.05) is 28.9 Å². The summed E-state index contributed by atoms with van der Waals surface area (Å²) in [4.78, 5) is 13.8. The van der Waals surface area contributed by atoms with Crippen LogP contribution >= 0.6 is 23.4 Å².